The largest absolute Gasteiger partial charge is 0.355 e. The molecule has 3 N–H and O–H groups in total. The van der Waals surface area contributed by atoms with E-state index in [1.165, 1.54) is 5.56 Å². The zero-order valence-corrected chi connectivity index (χ0v) is 18.9. The summed E-state index contributed by atoms with van der Waals surface area (Å²) < 4.78 is 0. The zero-order valence-electron chi connectivity index (χ0n) is 16.4. The third-order valence-electron chi connectivity index (χ3n) is 4.77. The Morgan fingerprint density at radius 3 is 2.69 bits per heavy atom. The quantitative estimate of drug-likeness (QED) is 0.696. The van der Waals surface area contributed by atoms with Crippen LogP contribution in [0.2, 0.25) is 0 Å². The minimum absolute atomic E-state index is 0. The van der Waals surface area contributed by atoms with Gasteiger partial charge in [0.2, 0.25) is 11.8 Å². The van der Waals surface area contributed by atoms with E-state index in [4.69, 9.17) is 5.73 Å². The number of carbonyl (C=O) groups excluding carboxylic acids is 2. The minimum Gasteiger partial charge on any atom is -0.355 e. The Labute approximate surface area is 188 Å². The van der Waals surface area contributed by atoms with Crippen molar-refractivity contribution < 1.29 is 9.59 Å². The molecule has 1 aliphatic heterocycles. The van der Waals surface area contributed by atoms with Crippen molar-refractivity contribution in [2.24, 2.45) is 11.7 Å². The van der Waals surface area contributed by atoms with Gasteiger partial charge in [0, 0.05) is 37.1 Å². The lowest BCUT2D eigenvalue weighted by Gasteiger charge is -2.32. The van der Waals surface area contributed by atoms with Crippen molar-refractivity contribution in [1.82, 2.24) is 15.2 Å². The average Bonchev–Trinajstić information content (AvgIpc) is 3.15. The van der Waals surface area contributed by atoms with E-state index in [0.717, 1.165) is 29.1 Å². The number of piperidine rings is 1. The lowest BCUT2D eigenvalue weighted by molar-refractivity contribution is -0.135. The first-order valence-corrected chi connectivity index (χ1v) is 10.2. The molecule has 1 aromatic carbocycles. The number of nitrogens with one attached hydrogen (secondary N) is 1. The molecule has 2 aromatic rings. The Kier molecular flexibility index (Phi) is 10.6. The standard InChI is InChI=1S/C20H26N4O2S.2ClH/c1-14-4-6-15(7-5-14)20-23-17(13-27-20)11-18(25)24-10-2-3-16(12-24)19(26)22-9-8-21;;/h4-7,13,16H,2-3,8-12,21H2,1H3,(H,22,26);2*1H. The van der Waals surface area contributed by atoms with E-state index in [-0.39, 0.29) is 49.0 Å². The number of hydrogen-bond acceptors (Lipinski definition) is 5. The lowest BCUT2D eigenvalue weighted by atomic mass is 9.96. The monoisotopic (exact) mass is 458 g/mol. The van der Waals surface area contributed by atoms with Crippen LogP contribution < -0.4 is 11.1 Å². The normalized spacial score (nSPS) is 15.8. The molecule has 1 unspecified atom stereocenters. The topological polar surface area (TPSA) is 88.3 Å². The fourth-order valence-corrected chi connectivity index (χ4v) is 4.07. The molecule has 1 saturated heterocycles. The Balaban J connectivity index is 0.00000210. The van der Waals surface area contributed by atoms with Crippen molar-refractivity contribution in [1.29, 1.82) is 0 Å². The summed E-state index contributed by atoms with van der Waals surface area (Å²) in [7, 11) is 0. The van der Waals surface area contributed by atoms with E-state index in [1.54, 1.807) is 16.2 Å². The number of rotatable bonds is 6. The van der Waals surface area contributed by atoms with Crippen molar-refractivity contribution in [2.45, 2.75) is 26.2 Å². The fourth-order valence-electron chi connectivity index (χ4n) is 3.24. The first-order chi connectivity index (χ1) is 13.1. The van der Waals surface area contributed by atoms with Crippen LogP contribution in [0.15, 0.2) is 29.6 Å². The predicted molar refractivity (Wildman–Crippen MR) is 122 cm³/mol. The van der Waals surface area contributed by atoms with Crippen molar-refractivity contribution in [3.8, 4) is 10.6 Å². The molecule has 9 heteroatoms. The number of aryl methyl sites for hydroxylation is 1. The Morgan fingerprint density at radius 2 is 2.00 bits per heavy atom. The second-order valence-electron chi connectivity index (χ2n) is 6.95. The van der Waals surface area contributed by atoms with Gasteiger partial charge in [-0.15, -0.1) is 36.2 Å². The van der Waals surface area contributed by atoms with Crippen LogP contribution in [0, 0.1) is 12.8 Å². The number of amides is 2. The SMILES string of the molecule is Cc1ccc(-c2nc(CC(=O)N3CCCC(C(=O)NCCN)C3)cs2)cc1.Cl.Cl. The molecule has 0 spiro atoms. The number of nitrogens with zero attached hydrogens (tertiary/aromatic N) is 2. The number of nitrogens with two attached hydrogens (primary N) is 1. The van der Waals surface area contributed by atoms with E-state index in [0.29, 0.717) is 26.2 Å². The fraction of sp³-hybridized carbons (Fsp3) is 0.450. The van der Waals surface area contributed by atoms with Gasteiger partial charge in [0.1, 0.15) is 5.01 Å². The predicted octanol–water partition coefficient (Wildman–Crippen LogP) is 2.82. The van der Waals surface area contributed by atoms with Gasteiger partial charge in [0.15, 0.2) is 0 Å². The Bertz CT molecular complexity index is 798. The lowest BCUT2D eigenvalue weighted by Crippen LogP contribution is -2.46. The van der Waals surface area contributed by atoms with Crippen molar-refractivity contribution in [2.75, 3.05) is 26.2 Å². The second kappa shape index (κ2) is 12.1. The first-order valence-electron chi connectivity index (χ1n) is 9.34. The molecule has 0 aliphatic carbocycles. The summed E-state index contributed by atoms with van der Waals surface area (Å²) in [6.07, 6.45) is 1.94. The summed E-state index contributed by atoms with van der Waals surface area (Å²) in [5.74, 6) is -0.117. The molecular formula is C20H28Cl2N4O2S. The van der Waals surface area contributed by atoms with E-state index >= 15 is 0 Å². The van der Waals surface area contributed by atoms with Gasteiger partial charge >= 0.3 is 0 Å². The van der Waals surface area contributed by atoms with Crippen LogP contribution in [0.4, 0.5) is 0 Å². The number of benzene rings is 1. The van der Waals surface area contributed by atoms with E-state index < -0.39 is 0 Å². The van der Waals surface area contributed by atoms with Crippen molar-refractivity contribution in [3.05, 3.63) is 40.9 Å². The molecule has 0 saturated carbocycles. The maximum Gasteiger partial charge on any atom is 0.228 e. The maximum absolute atomic E-state index is 12.7. The summed E-state index contributed by atoms with van der Waals surface area (Å²) in [5, 5.41) is 5.70. The van der Waals surface area contributed by atoms with Gasteiger partial charge in [-0.25, -0.2) is 4.98 Å². The third-order valence-corrected chi connectivity index (χ3v) is 5.71. The molecule has 3 rings (SSSR count). The maximum atomic E-state index is 12.7. The summed E-state index contributed by atoms with van der Waals surface area (Å²) in [5.41, 5.74) is 8.50. The number of carbonyl (C=O) groups is 2. The smallest absolute Gasteiger partial charge is 0.228 e. The van der Waals surface area contributed by atoms with E-state index in [9.17, 15) is 9.59 Å². The van der Waals surface area contributed by atoms with Crippen LogP contribution in [0.1, 0.15) is 24.1 Å². The molecule has 1 aliphatic rings. The highest BCUT2D eigenvalue weighted by Crippen LogP contribution is 2.25. The molecule has 6 nitrogen and oxygen atoms in total. The zero-order chi connectivity index (χ0) is 19.2. The molecule has 0 bridgehead atoms. The summed E-state index contributed by atoms with van der Waals surface area (Å²) >= 11 is 1.55. The number of likely N-dealkylation sites (tertiary alicyclic amines) is 1. The van der Waals surface area contributed by atoms with Gasteiger partial charge in [-0.05, 0) is 19.8 Å². The van der Waals surface area contributed by atoms with Crippen LogP contribution in [0.25, 0.3) is 10.6 Å². The van der Waals surface area contributed by atoms with Gasteiger partial charge in [-0.2, -0.15) is 0 Å². The van der Waals surface area contributed by atoms with Crippen LogP contribution in [0.3, 0.4) is 0 Å². The van der Waals surface area contributed by atoms with Crippen LogP contribution in [-0.2, 0) is 16.0 Å². The molecule has 1 fully saturated rings. The third kappa shape index (κ3) is 6.96. The molecule has 160 valence electrons. The second-order valence-corrected chi connectivity index (χ2v) is 7.80. The van der Waals surface area contributed by atoms with Crippen molar-refractivity contribution in [3.63, 3.8) is 0 Å². The van der Waals surface area contributed by atoms with Gasteiger partial charge < -0.3 is 16.0 Å². The molecule has 2 heterocycles. The van der Waals surface area contributed by atoms with Crippen LogP contribution in [-0.4, -0.2) is 47.9 Å². The molecular weight excluding hydrogens is 431 g/mol. The molecule has 2 amide bonds. The summed E-state index contributed by atoms with van der Waals surface area (Å²) in [6, 6.07) is 8.22. The number of hydrogen-bond donors (Lipinski definition) is 2. The number of thiazole rings is 1. The number of aromatic nitrogens is 1. The molecule has 29 heavy (non-hydrogen) atoms. The van der Waals surface area contributed by atoms with Crippen LogP contribution >= 0.6 is 36.2 Å². The van der Waals surface area contributed by atoms with Crippen molar-refractivity contribution >= 4 is 48.0 Å². The van der Waals surface area contributed by atoms with E-state index in [2.05, 4.69) is 41.5 Å². The van der Waals surface area contributed by atoms with E-state index in [1.807, 2.05) is 5.38 Å². The van der Waals surface area contributed by atoms with Crippen LogP contribution in [0.5, 0.6) is 0 Å². The van der Waals surface area contributed by atoms with Gasteiger partial charge in [0.05, 0.1) is 18.0 Å². The molecule has 1 atom stereocenters. The molecule has 1 aromatic heterocycles. The van der Waals surface area contributed by atoms with Gasteiger partial charge in [-0.1, -0.05) is 29.8 Å². The number of halogens is 2. The average molecular weight is 459 g/mol. The Morgan fingerprint density at radius 1 is 1.28 bits per heavy atom. The highest BCUT2D eigenvalue weighted by atomic mass is 35.5. The highest BCUT2D eigenvalue weighted by molar-refractivity contribution is 7.13. The first kappa shape index (κ1) is 25.4. The summed E-state index contributed by atoms with van der Waals surface area (Å²) in [4.78, 5) is 31.2. The molecule has 0 radical (unpaired) electrons. The summed E-state index contributed by atoms with van der Waals surface area (Å²) in [6.45, 7) is 4.13. The minimum atomic E-state index is -0.146. The Hall–Kier alpha value is -1.67. The highest BCUT2D eigenvalue weighted by Gasteiger charge is 2.28. The van der Waals surface area contributed by atoms with Gasteiger partial charge in [0.25, 0.3) is 0 Å². The van der Waals surface area contributed by atoms with Gasteiger partial charge in [-0.3, -0.25) is 9.59 Å².